The summed E-state index contributed by atoms with van der Waals surface area (Å²) in [7, 11) is 0. The minimum Gasteiger partial charge on any atom is -0.493 e. The molecule has 0 fully saturated rings. The molecule has 0 bridgehead atoms. The number of nitrogens with zero attached hydrogens (tertiary/aromatic N) is 3. The molecule has 0 saturated carbocycles. The van der Waals surface area contributed by atoms with E-state index < -0.39 is 0 Å². The number of benzene rings is 1. The first-order valence-corrected chi connectivity index (χ1v) is 9.47. The summed E-state index contributed by atoms with van der Waals surface area (Å²) in [6.45, 7) is 0.592. The van der Waals surface area contributed by atoms with Gasteiger partial charge in [0.05, 0.1) is 19.1 Å². The lowest BCUT2D eigenvalue weighted by Crippen LogP contribution is -2.32. The second kappa shape index (κ2) is 6.93. The second-order valence-corrected chi connectivity index (χ2v) is 7.42. The van der Waals surface area contributed by atoms with Gasteiger partial charge in [-0.3, -0.25) is 14.8 Å². The maximum atomic E-state index is 12.5. The van der Waals surface area contributed by atoms with E-state index in [0.717, 1.165) is 29.1 Å². The summed E-state index contributed by atoms with van der Waals surface area (Å²) in [4.78, 5) is 21.3. The van der Waals surface area contributed by atoms with Crippen LogP contribution in [0, 0.1) is 11.3 Å². The highest BCUT2D eigenvalue weighted by atomic mass is 32.2. The van der Waals surface area contributed by atoms with E-state index >= 15 is 0 Å². The van der Waals surface area contributed by atoms with Gasteiger partial charge in [-0.1, -0.05) is 17.8 Å². The van der Waals surface area contributed by atoms with Crippen molar-refractivity contribution in [3.05, 3.63) is 53.3 Å². The number of carbonyl (C=O) groups is 1. The summed E-state index contributed by atoms with van der Waals surface area (Å²) in [5.74, 6) is 1.24. The number of hydrogen-bond acceptors (Lipinski definition) is 7. The van der Waals surface area contributed by atoms with Crippen LogP contribution in [0.3, 0.4) is 0 Å². The van der Waals surface area contributed by atoms with E-state index in [1.807, 2.05) is 12.1 Å². The third kappa shape index (κ3) is 3.34. The summed E-state index contributed by atoms with van der Waals surface area (Å²) in [5.41, 5.74) is 8.17. The number of amidine groups is 1. The molecule has 1 aromatic carbocycles. The fraction of sp³-hybridized carbons (Fsp3) is 0.263. The number of thioether (sulfide) groups is 1. The van der Waals surface area contributed by atoms with Gasteiger partial charge < -0.3 is 15.8 Å². The van der Waals surface area contributed by atoms with E-state index in [1.54, 1.807) is 36.2 Å². The Morgan fingerprint density at radius 3 is 3.00 bits per heavy atom. The zero-order chi connectivity index (χ0) is 18.9. The number of hydrogen-bond donors (Lipinski definition) is 2. The third-order valence-corrected chi connectivity index (χ3v) is 5.64. The van der Waals surface area contributed by atoms with Crippen molar-refractivity contribution in [2.75, 3.05) is 17.7 Å². The number of pyridine rings is 1. The van der Waals surface area contributed by atoms with Crippen LogP contribution in [0.15, 0.2) is 41.5 Å². The number of carbonyl (C=O) groups excluding carboxylic acids is 1. The number of ether oxygens (including phenoxy) is 1. The Hall–Kier alpha value is -3.05. The van der Waals surface area contributed by atoms with Crippen molar-refractivity contribution in [1.82, 2.24) is 4.98 Å². The summed E-state index contributed by atoms with van der Waals surface area (Å²) in [6.07, 6.45) is 2.57. The smallest absolute Gasteiger partial charge is 0.274 e. The van der Waals surface area contributed by atoms with E-state index in [-0.39, 0.29) is 17.9 Å². The maximum Gasteiger partial charge on any atom is 0.274 e. The van der Waals surface area contributed by atoms with Crippen LogP contribution in [0.25, 0.3) is 0 Å². The highest BCUT2D eigenvalue weighted by Gasteiger charge is 2.41. The number of anilines is 1. The number of rotatable bonds is 3. The van der Waals surface area contributed by atoms with Gasteiger partial charge in [-0.2, -0.15) is 5.26 Å². The van der Waals surface area contributed by atoms with Gasteiger partial charge in [0, 0.05) is 29.6 Å². The lowest BCUT2D eigenvalue weighted by molar-refractivity contribution is 0.102. The Morgan fingerprint density at radius 2 is 2.30 bits per heavy atom. The number of amides is 1. The minimum absolute atomic E-state index is 0.267. The third-order valence-electron chi connectivity index (χ3n) is 4.64. The number of aliphatic imine (C=N–C) groups is 1. The molecule has 1 amide bonds. The van der Waals surface area contributed by atoms with E-state index in [0.29, 0.717) is 23.2 Å². The molecule has 0 unspecified atom stereocenters. The first-order chi connectivity index (χ1) is 13.1. The minimum atomic E-state index is -0.389. The van der Waals surface area contributed by atoms with Gasteiger partial charge in [-0.15, -0.1) is 0 Å². The molecule has 27 heavy (non-hydrogen) atoms. The molecule has 1 spiro atoms. The zero-order valence-corrected chi connectivity index (χ0v) is 15.3. The molecule has 2 aromatic rings. The predicted octanol–water partition coefficient (Wildman–Crippen LogP) is 2.44. The van der Waals surface area contributed by atoms with Gasteiger partial charge in [-0.05, 0) is 29.8 Å². The Morgan fingerprint density at radius 1 is 1.41 bits per heavy atom. The van der Waals surface area contributed by atoms with E-state index in [4.69, 9.17) is 15.7 Å². The summed E-state index contributed by atoms with van der Waals surface area (Å²) >= 11 is 1.54. The fourth-order valence-corrected chi connectivity index (χ4v) is 4.24. The Kier molecular flexibility index (Phi) is 4.46. The number of fused-ring (bicyclic) bond motifs is 2. The highest BCUT2D eigenvalue weighted by molar-refractivity contribution is 8.14. The van der Waals surface area contributed by atoms with Crippen LogP contribution in [-0.2, 0) is 12.0 Å². The molecular weight excluding hydrogens is 362 g/mol. The van der Waals surface area contributed by atoms with Gasteiger partial charge in [0.15, 0.2) is 5.17 Å². The summed E-state index contributed by atoms with van der Waals surface area (Å²) in [5, 5.41) is 12.2. The molecule has 4 rings (SSSR count). The average Bonchev–Trinajstić information content (AvgIpc) is 3.04. The van der Waals surface area contributed by atoms with Gasteiger partial charge >= 0.3 is 0 Å². The number of aromatic nitrogens is 1. The number of nitrogens with one attached hydrogen (secondary N) is 1. The fourth-order valence-electron chi connectivity index (χ4n) is 3.25. The Bertz CT molecular complexity index is 967. The van der Waals surface area contributed by atoms with Gasteiger partial charge in [-0.25, -0.2) is 0 Å². The largest absolute Gasteiger partial charge is 0.493 e. The van der Waals surface area contributed by atoms with Crippen molar-refractivity contribution in [2.24, 2.45) is 10.7 Å². The Labute approximate surface area is 160 Å². The maximum absolute atomic E-state index is 12.5. The van der Waals surface area contributed by atoms with Crippen LogP contribution >= 0.6 is 11.8 Å². The SMILES string of the molecule is N#CCc1ccc(C(=O)Nc2ccc3c(c2)[C@@]2(CCO3)CSC(N)=N2)nc1. The summed E-state index contributed by atoms with van der Waals surface area (Å²) < 4.78 is 5.76. The molecule has 0 aliphatic carbocycles. The van der Waals surface area contributed by atoms with Crippen molar-refractivity contribution in [2.45, 2.75) is 18.4 Å². The molecule has 7 nitrogen and oxygen atoms in total. The molecule has 3 N–H and O–H groups in total. The standard InChI is InChI=1S/C19H17N5O2S/c20-7-5-12-1-3-15(22-10-12)17(25)23-13-2-4-16-14(9-13)19(6-8-26-16)11-27-18(21)24-19/h1-4,9-10H,5-6,8,11H2,(H2,21,24)(H,23,25)/t19-/m1/s1. The summed E-state index contributed by atoms with van der Waals surface area (Å²) in [6, 6.07) is 11.0. The van der Waals surface area contributed by atoms with E-state index in [9.17, 15) is 4.79 Å². The van der Waals surface area contributed by atoms with Crippen LogP contribution < -0.4 is 15.8 Å². The molecule has 1 aromatic heterocycles. The van der Waals surface area contributed by atoms with Crippen LogP contribution in [0.5, 0.6) is 5.75 Å². The lowest BCUT2D eigenvalue weighted by atomic mass is 9.86. The first-order valence-electron chi connectivity index (χ1n) is 8.48. The molecular formula is C19H17N5O2S. The van der Waals surface area contributed by atoms with Crippen molar-refractivity contribution in [3.8, 4) is 11.8 Å². The van der Waals surface area contributed by atoms with Gasteiger partial charge in [0.1, 0.15) is 17.0 Å². The molecule has 0 saturated heterocycles. The quantitative estimate of drug-likeness (QED) is 0.847. The molecule has 136 valence electrons. The molecule has 0 radical (unpaired) electrons. The lowest BCUT2D eigenvalue weighted by Gasteiger charge is -2.32. The molecule has 1 atom stereocenters. The second-order valence-electron chi connectivity index (χ2n) is 6.42. The van der Waals surface area contributed by atoms with E-state index in [2.05, 4.69) is 21.4 Å². The highest BCUT2D eigenvalue weighted by Crippen LogP contribution is 2.46. The van der Waals surface area contributed by atoms with Crippen LogP contribution in [0.1, 0.15) is 28.0 Å². The Balaban J connectivity index is 1.58. The molecule has 8 heteroatoms. The van der Waals surface area contributed by atoms with Gasteiger partial charge in [0.2, 0.25) is 0 Å². The molecule has 2 aliphatic rings. The normalized spacial score (nSPS) is 20.3. The van der Waals surface area contributed by atoms with Crippen molar-refractivity contribution in [3.63, 3.8) is 0 Å². The number of nitrogens with two attached hydrogens (primary N) is 1. The molecule has 3 heterocycles. The van der Waals surface area contributed by atoms with Crippen LogP contribution in [-0.4, -0.2) is 28.4 Å². The van der Waals surface area contributed by atoms with E-state index in [1.165, 1.54) is 0 Å². The molecule has 2 aliphatic heterocycles. The van der Waals surface area contributed by atoms with Crippen molar-refractivity contribution >= 4 is 28.5 Å². The predicted molar refractivity (Wildman–Crippen MR) is 104 cm³/mol. The van der Waals surface area contributed by atoms with Crippen LogP contribution in [0.2, 0.25) is 0 Å². The monoisotopic (exact) mass is 379 g/mol. The van der Waals surface area contributed by atoms with Gasteiger partial charge in [0.25, 0.3) is 5.91 Å². The van der Waals surface area contributed by atoms with Crippen molar-refractivity contribution in [1.29, 1.82) is 5.26 Å². The van der Waals surface area contributed by atoms with Crippen molar-refractivity contribution < 1.29 is 9.53 Å². The first kappa shape index (κ1) is 17.4. The van der Waals surface area contributed by atoms with Crippen LogP contribution in [0.4, 0.5) is 5.69 Å². The zero-order valence-electron chi connectivity index (χ0n) is 14.4. The number of nitriles is 1. The topological polar surface area (TPSA) is 113 Å². The average molecular weight is 379 g/mol.